The van der Waals surface area contributed by atoms with Gasteiger partial charge in [0.25, 0.3) is 0 Å². The van der Waals surface area contributed by atoms with Crippen LogP contribution in [0.3, 0.4) is 0 Å². The van der Waals surface area contributed by atoms with Crippen LogP contribution >= 0.6 is 11.8 Å². The Morgan fingerprint density at radius 1 is 1.55 bits per heavy atom. The number of hydrogen-bond acceptors (Lipinski definition) is 3. The molecular weight excluding hydrogens is 270 g/mol. The number of thioether (sulfide) groups is 1. The topological polar surface area (TPSA) is 49.3 Å². The molecule has 1 fully saturated rings. The van der Waals surface area contributed by atoms with E-state index >= 15 is 0 Å². The molecule has 0 aromatic heterocycles. The van der Waals surface area contributed by atoms with Crippen molar-refractivity contribution in [1.82, 2.24) is 5.32 Å². The zero-order valence-corrected chi connectivity index (χ0v) is 13.0. The highest BCUT2D eigenvalue weighted by Crippen LogP contribution is 2.40. The Balaban J connectivity index is 2.01. The molecule has 1 aliphatic carbocycles. The number of nitrogens with one attached hydrogen (secondary N) is 1. The van der Waals surface area contributed by atoms with Crippen molar-refractivity contribution in [2.24, 2.45) is 0 Å². The molecule has 20 heavy (non-hydrogen) atoms. The largest absolute Gasteiger partial charge is 0.480 e. The highest BCUT2D eigenvalue weighted by atomic mass is 32.2. The molecule has 0 bridgehead atoms. The maximum atomic E-state index is 11.6. The lowest BCUT2D eigenvalue weighted by Crippen LogP contribution is -2.50. The summed E-state index contributed by atoms with van der Waals surface area (Å²) in [4.78, 5) is 12.9. The first-order valence-corrected chi connectivity index (χ1v) is 8.15. The minimum atomic E-state index is -0.711. The van der Waals surface area contributed by atoms with Crippen molar-refractivity contribution in [1.29, 1.82) is 0 Å². The number of benzene rings is 1. The normalized spacial score (nSPS) is 25.8. The second-order valence-corrected chi connectivity index (χ2v) is 6.99. The number of carboxylic acids is 1. The van der Waals surface area contributed by atoms with Crippen LogP contribution in [0.2, 0.25) is 0 Å². The molecule has 1 aliphatic rings. The van der Waals surface area contributed by atoms with Crippen LogP contribution < -0.4 is 5.32 Å². The lowest BCUT2D eigenvalue weighted by atomic mass is 9.98. The fourth-order valence-electron chi connectivity index (χ4n) is 2.78. The van der Waals surface area contributed by atoms with Gasteiger partial charge in [-0.05, 0) is 51.3 Å². The van der Waals surface area contributed by atoms with E-state index in [0.29, 0.717) is 11.7 Å². The molecule has 0 heterocycles. The molecule has 2 N–H and O–H groups in total. The molecule has 2 rings (SSSR count). The molecule has 2 unspecified atom stereocenters. The van der Waals surface area contributed by atoms with E-state index in [4.69, 9.17) is 0 Å². The van der Waals surface area contributed by atoms with Gasteiger partial charge in [0, 0.05) is 10.1 Å². The first kappa shape index (κ1) is 15.4. The van der Waals surface area contributed by atoms with Crippen molar-refractivity contribution in [2.75, 3.05) is 6.54 Å². The number of carbonyl (C=O) groups is 1. The molecule has 0 radical (unpaired) electrons. The van der Waals surface area contributed by atoms with Crippen LogP contribution in [-0.4, -0.2) is 28.4 Å². The van der Waals surface area contributed by atoms with Gasteiger partial charge in [0.05, 0.1) is 0 Å². The zero-order valence-electron chi connectivity index (χ0n) is 12.2. The van der Waals surface area contributed by atoms with E-state index < -0.39 is 11.5 Å². The van der Waals surface area contributed by atoms with Crippen LogP contribution in [-0.2, 0) is 4.79 Å². The van der Waals surface area contributed by atoms with Crippen LogP contribution in [0.1, 0.15) is 38.2 Å². The van der Waals surface area contributed by atoms with Crippen molar-refractivity contribution >= 4 is 17.7 Å². The Labute approximate surface area is 125 Å². The lowest BCUT2D eigenvalue weighted by Gasteiger charge is -2.25. The summed E-state index contributed by atoms with van der Waals surface area (Å²) in [6.07, 6.45) is 3.36. The van der Waals surface area contributed by atoms with E-state index in [0.717, 1.165) is 25.8 Å². The monoisotopic (exact) mass is 293 g/mol. The van der Waals surface area contributed by atoms with Gasteiger partial charge in [-0.15, -0.1) is 11.8 Å². The molecule has 0 amide bonds. The van der Waals surface area contributed by atoms with Crippen LogP contribution in [0.25, 0.3) is 0 Å². The quantitative estimate of drug-likeness (QED) is 0.843. The first-order chi connectivity index (χ1) is 9.55. The third kappa shape index (κ3) is 3.55. The summed E-state index contributed by atoms with van der Waals surface area (Å²) in [5, 5.41) is 13.2. The van der Waals surface area contributed by atoms with Crippen molar-refractivity contribution in [3.8, 4) is 0 Å². The molecule has 110 valence electrons. The summed E-state index contributed by atoms with van der Waals surface area (Å²) < 4.78 is 0. The maximum absolute atomic E-state index is 11.6. The van der Waals surface area contributed by atoms with Gasteiger partial charge in [0.1, 0.15) is 5.54 Å². The predicted molar refractivity (Wildman–Crippen MR) is 83.3 cm³/mol. The number of aliphatic carboxylic acids is 1. The molecule has 2 atom stereocenters. The lowest BCUT2D eigenvalue weighted by molar-refractivity contribution is -0.144. The highest BCUT2D eigenvalue weighted by Gasteiger charge is 2.45. The first-order valence-electron chi connectivity index (χ1n) is 7.27. The van der Waals surface area contributed by atoms with Crippen molar-refractivity contribution in [3.63, 3.8) is 0 Å². The Kier molecular flexibility index (Phi) is 5.11. The summed E-state index contributed by atoms with van der Waals surface area (Å²) in [5.74, 6) is -0.696. The van der Waals surface area contributed by atoms with E-state index in [1.165, 1.54) is 10.5 Å². The predicted octanol–water partition coefficient (Wildman–Crippen LogP) is 3.46. The smallest absolute Gasteiger partial charge is 0.323 e. The summed E-state index contributed by atoms with van der Waals surface area (Å²) >= 11 is 1.82. The Hall–Kier alpha value is -1.00. The second kappa shape index (κ2) is 6.64. The van der Waals surface area contributed by atoms with Crippen molar-refractivity contribution < 1.29 is 9.90 Å². The number of aryl methyl sites for hydroxylation is 1. The van der Waals surface area contributed by atoms with Gasteiger partial charge in [-0.3, -0.25) is 4.79 Å². The second-order valence-electron chi connectivity index (χ2n) is 5.61. The maximum Gasteiger partial charge on any atom is 0.323 e. The average Bonchev–Trinajstić information content (AvgIpc) is 2.81. The van der Waals surface area contributed by atoms with Gasteiger partial charge in [-0.2, -0.15) is 0 Å². The fraction of sp³-hybridized carbons (Fsp3) is 0.562. The van der Waals surface area contributed by atoms with Crippen LogP contribution in [0.5, 0.6) is 0 Å². The SMILES string of the molecule is CCCNC1(C(=O)O)CCC(Sc2cccc(C)c2)C1. The summed E-state index contributed by atoms with van der Waals surface area (Å²) in [7, 11) is 0. The van der Waals surface area contributed by atoms with E-state index in [-0.39, 0.29) is 0 Å². The van der Waals surface area contributed by atoms with E-state index in [1.54, 1.807) is 0 Å². The molecule has 1 saturated carbocycles. The number of carboxylic acid groups (broad SMARTS) is 1. The van der Waals surface area contributed by atoms with Crippen molar-refractivity contribution in [2.45, 2.75) is 55.2 Å². The minimum absolute atomic E-state index is 0.386. The van der Waals surface area contributed by atoms with Crippen molar-refractivity contribution in [3.05, 3.63) is 29.8 Å². The Morgan fingerprint density at radius 2 is 2.35 bits per heavy atom. The van der Waals surface area contributed by atoms with Gasteiger partial charge in [-0.1, -0.05) is 24.6 Å². The molecular formula is C16H23NO2S. The van der Waals surface area contributed by atoms with Crippen LogP contribution in [0, 0.1) is 6.92 Å². The average molecular weight is 293 g/mol. The van der Waals surface area contributed by atoms with Gasteiger partial charge in [0.2, 0.25) is 0 Å². The molecule has 1 aromatic rings. The highest BCUT2D eigenvalue weighted by molar-refractivity contribution is 8.00. The van der Waals surface area contributed by atoms with Gasteiger partial charge < -0.3 is 10.4 Å². The van der Waals surface area contributed by atoms with Gasteiger partial charge in [0.15, 0.2) is 0 Å². The zero-order chi connectivity index (χ0) is 14.6. The summed E-state index contributed by atoms with van der Waals surface area (Å²) in [5.41, 5.74) is 0.541. The minimum Gasteiger partial charge on any atom is -0.480 e. The van der Waals surface area contributed by atoms with Crippen LogP contribution in [0.4, 0.5) is 0 Å². The molecule has 0 aliphatic heterocycles. The molecule has 4 heteroatoms. The van der Waals surface area contributed by atoms with E-state index in [2.05, 4.69) is 43.4 Å². The van der Waals surface area contributed by atoms with Gasteiger partial charge >= 0.3 is 5.97 Å². The van der Waals surface area contributed by atoms with E-state index in [1.807, 2.05) is 11.8 Å². The number of hydrogen-bond donors (Lipinski definition) is 2. The Morgan fingerprint density at radius 3 is 3.00 bits per heavy atom. The number of rotatable bonds is 6. The van der Waals surface area contributed by atoms with Gasteiger partial charge in [-0.25, -0.2) is 0 Å². The van der Waals surface area contributed by atoms with Crippen LogP contribution in [0.15, 0.2) is 29.2 Å². The third-order valence-corrected chi connectivity index (χ3v) is 5.15. The summed E-state index contributed by atoms with van der Waals surface area (Å²) in [6, 6.07) is 8.43. The molecule has 0 spiro atoms. The molecule has 1 aromatic carbocycles. The standard InChI is InChI=1S/C16H23NO2S/c1-3-9-17-16(15(18)19)8-7-14(11-16)20-13-6-4-5-12(2)10-13/h4-6,10,14,17H,3,7-9,11H2,1-2H3,(H,18,19). The molecule has 3 nitrogen and oxygen atoms in total. The third-order valence-electron chi connectivity index (χ3n) is 3.88. The van der Waals surface area contributed by atoms with E-state index in [9.17, 15) is 9.90 Å². The fourth-order valence-corrected chi connectivity index (χ4v) is 4.18. The summed E-state index contributed by atoms with van der Waals surface area (Å²) in [6.45, 7) is 4.92. The molecule has 0 saturated heterocycles. The Bertz CT molecular complexity index is 477.